The van der Waals surface area contributed by atoms with E-state index in [0.717, 1.165) is 14.2 Å². The molecule has 1 aliphatic rings. The fourth-order valence-electron chi connectivity index (χ4n) is 4.34. The number of methoxy groups -OCH3 is 2. The molecule has 2 aromatic carbocycles. The Hall–Kier alpha value is -2.98. The maximum Gasteiger partial charge on any atom is 0.345 e. The summed E-state index contributed by atoms with van der Waals surface area (Å²) in [6.45, 7) is 1.88. The second-order valence-corrected chi connectivity index (χ2v) is 12.9. The fourth-order valence-corrected chi connectivity index (χ4v) is 9.71. The number of unbranched alkanes of at least 4 members (excludes halogenated alkanes) is 1. The van der Waals surface area contributed by atoms with Crippen LogP contribution in [0.4, 0.5) is 0 Å². The van der Waals surface area contributed by atoms with E-state index in [1.54, 1.807) is 12.1 Å². The predicted octanol–water partition coefficient (Wildman–Crippen LogP) is 3.48. The molecule has 2 aromatic rings. The lowest BCUT2D eigenvalue weighted by Crippen LogP contribution is -2.36. The van der Waals surface area contributed by atoms with Crippen molar-refractivity contribution in [3.63, 3.8) is 0 Å². The zero-order chi connectivity index (χ0) is 25.9. The van der Waals surface area contributed by atoms with Crippen LogP contribution in [0.3, 0.4) is 0 Å². The lowest BCUT2D eigenvalue weighted by Gasteiger charge is -2.21. The van der Waals surface area contributed by atoms with Gasteiger partial charge in [0.15, 0.2) is 23.8 Å². The monoisotopic (exact) mass is 520 g/mol. The van der Waals surface area contributed by atoms with Crippen LogP contribution in [-0.4, -0.2) is 47.1 Å². The fraction of sp³-hybridized carbons (Fsp3) is 0.360. The summed E-state index contributed by atoms with van der Waals surface area (Å²) in [6, 6.07) is 14.6. The second-order valence-electron chi connectivity index (χ2n) is 8.19. The highest BCUT2D eigenvalue weighted by atomic mass is 32.3. The van der Waals surface area contributed by atoms with Gasteiger partial charge in [-0.2, -0.15) is 0 Å². The molecule has 0 bridgehead atoms. The molecule has 0 spiro atoms. The number of hydrogen-bond donors (Lipinski definition) is 0. The van der Waals surface area contributed by atoms with Crippen molar-refractivity contribution in [1.29, 1.82) is 0 Å². The molecule has 1 saturated carbocycles. The molecular formula is C25H28O8S2. The summed E-state index contributed by atoms with van der Waals surface area (Å²) in [5, 5.41) is 0. The minimum Gasteiger partial charge on any atom is -0.465 e. The first kappa shape index (κ1) is 26.6. The summed E-state index contributed by atoms with van der Waals surface area (Å²) in [7, 11) is -6.78. The standard InChI is InChI=1S/C25H28O8S2/c1-4-5-16-20(22(23(26)32-2)24(27)33-3)21-17-25(21,34(28,29)18-12-8-6-9-13-18)35(30,31)19-14-10-7-11-15-19/h6-15,21H,4-5,16-17H2,1-3H3. The van der Waals surface area contributed by atoms with Crippen molar-refractivity contribution in [1.82, 2.24) is 0 Å². The highest BCUT2D eigenvalue weighted by Gasteiger charge is 2.74. The molecule has 1 atom stereocenters. The number of esters is 2. The number of allylic oxidation sites excluding steroid dienone is 1. The number of ether oxygens (including phenoxy) is 2. The minimum absolute atomic E-state index is 0.115. The SMILES string of the molecule is CCCCC(=C(C(=O)OC)C(=O)OC)C1CC1(S(=O)(=O)c1ccccc1)S(=O)(=O)c1ccccc1. The Morgan fingerprint density at radius 1 is 0.829 bits per heavy atom. The molecule has 0 aliphatic heterocycles. The molecule has 0 heterocycles. The molecule has 188 valence electrons. The molecule has 35 heavy (non-hydrogen) atoms. The summed E-state index contributed by atoms with van der Waals surface area (Å²) in [6.07, 6.45) is 0.987. The van der Waals surface area contributed by atoms with E-state index in [9.17, 15) is 26.4 Å². The zero-order valence-corrected chi connectivity index (χ0v) is 21.4. The smallest absolute Gasteiger partial charge is 0.345 e. The third kappa shape index (κ3) is 4.52. The van der Waals surface area contributed by atoms with Gasteiger partial charge in [0.1, 0.15) is 5.57 Å². The molecule has 0 radical (unpaired) electrons. The van der Waals surface area contributed by atoms with Crippen molar-refractivity contribution >= 4 is 31.6 Å². The van der Waals surface area contributed by atoms with Gasteiger partial charge in [0.2, 0.25) is 0 Å². The summed E-state index contributed by atoms with van der Waals surface area (Å²) < 4.78 is 63.2. The highest BCUT2D eigenvalue weighted by molar-refractivity contribution is 8.11. The van der Waals surface area contributed by atoms with Gasteiger partial charge in [0, 0.05) is 5.92 Å². The first-order valence-electron chi connectivity index (χ1n) is 11.1. The van der Waals surface area contributed by atoms with Crippen LogP contribution >= 0.6 is 0 Å². The van der Waals surface area contributed by atoms with Gasteiger partial charge in [-0.05, 0) is 49.1 Å². The van der Waals surface area contributed by atoms with Gasteiger partial charge in [-0.25, -0.2) is 26.4 Å². The molecule has 10 heteroatoms. The Morgan fingerprint density at radius 3 is 1.63 bits per heavy atom. The molecule has 8 nitrogen and oxygen atoms in total. The first-order valence-corrected chi connectivity index (χ1v) is 14.1. The van der Waals surface area contributed by atoms with Crippen molar-refractivity contribution in [2.45, 2.75) is 46.5 Å². The summed E-state index contributed by atoms with van der Waals surface area (Å²) in [4.78, 5) is 24.9. The van der Waals surface area contributed by atoms with Crippen molar-refractivity contribution in [2.75, 3.05) is 14.2 Å². The van der Waals surface area contributed by atoms with Crippen LogP contribution in [0.25, 0.3) is 0 Å². The van der Waals surface area contributed by atoms with Gasteiger partial charge in [-0.3, -0.25) is 0 Å². The molecule has 1 unspecified atom stereocenters. The third-order valence-electron chi connectivity index (χ3n) is 6.20. The molecule has 0 aromatic heterocycles. The highest BCUT2D eigenvalue weighted by Crippen LogP contribution is 2.62. The largest absolute Gasteiger partial charge is 0.465 e. The topological polar surface area (TPSA) is 121 Å². The Kier molecular flexibility index (Phi) is 7.86. The van der Waals surface area contributed by atoms with E-state index in [1.165, 1.54) is 48.5 Å². The van der Waals surface area contributed by atoms with Gasteiger partial charge >= 0.3 is 11.9 Å². The van der Waals surface area contributed by atoms with E-state index < -0.39 is 47.2 Å². The Bertz CT molecular complexity index is 1240. The lowest BCUT2D eigenvalue weighted by atomic mass is 9.97. The Labute approximate surface area is 205 Å². The summed E-state index contributed by atoms with van der Waals surface area (Å²) in [5.74, 6) is -3.14. The number of rotatable bonds is 10. The second kappa shape index (κ2) is 10.3. The van der Waals surface area contributed by atoms with E-state index in [2.05, 4.69) is 0 Å². The van der Waals surface area contributed by atoms with Gasteiger partial charge in [-0.1, -0.05) is 49.7 Å². The van der Waals surface area contributed by atoms with Gasteiger partial charge in [0.05, 0.1) is 24.0 Å². The first-order chi connectivity index (χ1) is 16.6. The van der Waals surface area contributed by atoms with Crippen LogP contribution in [-0.2, 0) is 38.7 Å². The number of carbonyl (C=O) groups is 2. The van der Waals surface area contributed by atoms with Crippen LogP contribution in [0.5, 0.6) is 0 Å². The van der Waals surface area contributed by atoms with Crippen molar-refractivity contribution in [3.05, 3.63) is 71.8 Å². The number of sulfone groups is 2. The van der Waals surface area contributed by atoms with Crippen LogP contribution < -0.4 is 0 Å². The van der Waals surface area contributed by atoms with Crippen LogP contribution in [0, 0.1) is 5.92 Å². The van der Waals surface area contributed by atoms with Crippen molar-refractivity contribution in [2.24, 2.45) is 5.92 Å². The maximum absolute atomic E-state index is 14.0. The van der Waals surface area contributed by atoms with E-state index >= 15 is 0 Å². The molecule has 1 aliphatic carbocycles. The van der Waals surface area contributed by atoms with Gasteiger partial charge < -0.3 is 9.47 Å². The average molecular weight is 521 g/mol. The normalized spacial score (nSPS) is 16.7. The molecular weight excluding hydrogens is 492 g/mol. The molecule has 1 fully saturated rings. The zero-order valence-electron chi connectivity index (χ0n) is 19.8. The molecule has 0 N–H and O–H groups in total. The summed E-state index contributed by atoms with van der Waals surface area (Å²) in [5.41, 5.74) is -0.341. The third-order valence-corrected chi connectivity index (χ3v) is 12.0. The van der Waals surface area contributed by atoms with Crippen LogP contribution in [0.1, 0.15) is 32.6 Å². The van der Waals surface area contributed by atoms with Gasteiger partial charge in [-0.15, -0.1) is 0 Å². The number of hydrogen-bond acceptors (Lipinski definition) is 8. The average Bonchev–Trinajstić information content (AvgIpc) is 3.65. The lowest BCUT2D eigenvalue weighted by molar-refractivity contribution is -0.144. The molecule has 0 saturated heterocycles. The number of carbonyl (C=O) groups excluding carboxylic acids is 2. The van der Waals surface area contributed by atoms with E-state index in [-0.39, 0.29) is 28.2 Å². The van der Waals surface area contributed by atoms with Crippen LogP contribution in [0.2, 0.25) is 0 Å². The quantitative estimate of drug-likeness (QED) is 0.202. The Morgan fingerprint density at radius 2 is 1.26 bits per heavy atom. The Balaban J connectivity index is 2.34. The minimum atomic E-state index is -4.48. The van der Waals surface area contributed by atoms with Crippen molar-refractivity contribution in [3.8, 4) is 0 Å². The van der Waals surface area contributed by atoms with E-state index in [4.69, 9.17) is 9.47 Å². The van der Waals surface area contributed by atoms with Crippen LogP contribution in [0.15, 0.2) is 81.6 Å². The van der Waals surface area contributed by atoms with E-state index in [1.807, 2.05) is 6.92 Å². The maximum atomic E-state index is 14.0. The summed E-state index contributed by atoms with van der Waals surface area (Å²) >= 11 is 0. The predicted molar refractivity (Wildman–Crippen MR) is 129 cm³/mol. The number of benzene rings is 2. The van der Waals surface area contributed by atoms with E-state index in [0.29, 0.717) is 12.8 Å². The van der Waals surface area contributed by atoms with Gasteiger partial charge in [0.25, 0.3) is 0 Å². The molecule has 0 amide bonds. The van der Waals surface area contributed by atoms with Crippen molar-refractivity contribution < 1.29 is 35.9 Å². The molecule has 3 rings (SSSR count).